The van der Waals surface area contributed by atoms with E-state index in [2.05, 4.69) is 15.3 Å². The number of rotatable bonds is 4. The van der Waals surface area contributed by atoms with Gasteiger partial charge in [0.1, 0.15) is 17.4 Å². The molecule has 0 unspecified atom stereocenters. The molecule has 1 heterocycles. The zero-order valence-corrected chi connectivity index (χ0v) is 14.2. The maximum absolute atomic E-state index is 13.0. The summed E-state index contributed by atoms with van der Waals surface area (Å²) in [5.41, 5.74) is 1.88. The highest BCUT2D eigenvalue weighted by atomic mass is 19.1. The predicted molar refractivity (Wildman–Crippen MR) is 99.0 cm³/mol. The summed E-state index contributed by atoms with van der Waals surface area (Å²) in [4.78, 5) is 21.1. The van der Waals surface area contributed by atoms with E-state index in [4.69, 9.17) is 0 Å². The Morgan fingerprint density at radius 2 is 1.77 bits per heavy atom. The monoisotopic (exact) mass is 349 g/mol. The number of nitrogens with one attached hydrogen (secondary N) is 2. The van der Waals surface area contributed by atoms with Crippen molar-refractivity contribution in [2.45, 2.75) is 0 Å². The van der Waals surface area contributed by atoms with E-state index < -0.39 is 5.56 Å². The van der Waals surface area contributed by atoms with Gasteiger partial charge in [-0.15, -0.1) is 0 Å². The molecule has 1 aromatic heterocycles. The topological polar surface area (TPSA) is 84.8 Å². The minimum atomic E-state index is -0.543. The lowest BCUT2D eigenvalue weighted by molar-refractivity contribution is 0.628. The standard InChI is InChI=1S/C19H16FN5O/c1-25(2)15-9-3-12(4-10-15)17-16(11-21)18(26)24-19(23-17)22-14-7-5-13(20)6-8-14/h3-10H,1-2H3,(H2,22,23,24,26). The van der Waals surface area contributed by atoms with Crippen LogP contribution >= 0.6 is 0 Å². The molecule has 0 atom stereocenters. The molecule has 7 heteroatoms. The lowest BCUT2D eigenvalue weighted by Crippen LogP contribution is -2.16. The third-order valence-corrected chi connectivity index (χ3v) is 3.80. The van der Waals surface area contributed by atoms with Crippen LogP contribution < -0.4 is 15.8 Å². The van der Waals surface area contributed by atoms with Crippen molar-refractivity contribution >= 4 is 17.3 Å². The zero-order valence-electron chi connectivity index (χ0n) is 14.2. The molecule has 3 aromatic rings. The largest absolute Gasteiger partial charge is 0.378 e. The third-order valence-electron chi connectivity index (χ3n) is 3.80. The summed E-state index contributed by atoms with van der Waals surface area (Å²) in [6, 6.07) is 14.9. The molecule has 0 aliphatic carbocycles. The van der Waals surface area contributed by atoms with Gasteiger partial charge in [0, 0.05) is 31.0 Å². The molecule has 0 radical (unpaired) electrons. The van der Waals surface area contributed by atoms with Gasteiger partial charge in [0.25, 0.3) is 5.56 Å². The molecule has 0 spiro atoms. The highest BCUT2D eigenvalue weighted by Gasteiger charge is 2.14. The van der Waals surface area contributed by atoms with Gasteiger partial charge in [0.15, 0.2) is 0 Å². The van der Waals surface area contributed by atoms with Crippen LogP contribution in [0.3, 0.4) is 0 Å². The Kier molecular flexibility index (Phi) is 4.67. The van der Waals surface area contributed by atoms with Crippen molar-refractivity contribution in [3.05, 3.63) is 70.3 Å². The van der Waals surface area contributed by atoms with Crippen LogP contribution in [0.5, 0.6) is 0 Å². The molecular formula is C19H16FN5O. The summed E-state index contributed by atoms with van der Waals surface area (Å²) < 4.78 is 13.0. The number of benzene rings is 2. The number of hydrogen-bond acceptors (Lipinski definition) is 5. The molecule has 0 saturated heterocycles. The quantitative estimate of drug-likeness (QED) is 0.755. The van der Waals surface area contributed by atoms with Crippen LogP contribution in [0.1, 0.15) is 5.56 Å². The van der Waals surface area contributed by atoms with Gasteiger partial charge in [-0.1, -0.05) is 12.1 Å². The summed E-state index contributed by atoms with van der Waals surface area (Å²) in [5.74, 6) is -0.189. The Morgan fingerprint density at radius 1 is 1.12 bits per heavy atom. The second-order valence-corrected chi connectivity index (χ2v) is 5.82. The smallest absolute Gasteiger partial charge is 0.270 e. The van der Waals surface area contributed by atoms with Crippen LogP contribution in [-0.4, -0.2) is 24.1 Å². The van der Waals surface area contributed by atoms with Crippen LogP contribution in [0.4, 0.5) is 21.7 Å². The summed E-state index contributed by atoms with van der Waals surface area (Å²) >= 11 is 0. The van der Waals surface area contributed by atoms with Crippen LogP contribution in [0.2, 0.25) is 0 Å². The van der Waals surface area contributed by atoms with E-state index in [0.717, 1.165) is 5.69 Å². The number of anilines is 3. The average molecular weight is 349 g/mol. The fourth-order valence-corrected chi connectivity index (χ4v) is 2.43. The van der Waals surface area contributed by atoms with E-state index in [1.165, 1.54) is 24.3 Å². The lowest BCUT2D eigenvalue weighted by Gasteiger charge is -2.13. The van der Waals surface area contributed by atoms with Crippen LogP contribution in [0.15, 0.2) is 53.3 Å². The first-order chi connectivity index (χ1) is 12.5. The first-order valence-corrected chi connectivity index (χ1v) is 7.82. The maximum Gasteiger partial charge on any atom is 0.270 e. The molecule has 0 fully saturated rings. The van der Waals surface area contributed by atoms with Gasteiger partial charge in [0.05, 0.1) is 5.69 Å². The predicted octanol–water partition coefficient (Wildman–Crippen LogP) is 3.26. The van der Waals surface area contributed by atoms with Gasteiger partial charge in [0.2, 0.25) is 5.95 Å². The minimum absolute atomic E-state index is 0.0627. The Hall–Kier alpha value is -3.66. The fourth-order valence-electron chi connectivity index (χ4n) is 2.43. The molecule has 2 N–H and O–H groups in total. The normalized spacial score (nSPS) is 10.2. The molecule has 26 heavy (non-hydrogen) atoms. The summed E-state index contributed by atoms with van der Waals surface area (Å²) in [6.07, 6.45) is 0. The number of halogens is 1. The van der Waals surface area contributed by atoms with Crippen molar-refractivity contribution in [1.82, 2.24) is 9.97 Å². The Morgan fingerprint density at radius 3 is 2.35 bits per heavy atom. The zero-order chi connectivity index (χ0) is 18.7. The molecule has 0 aliphatic rings. The van der Waals surface area contributed by atoms with E-state index in [9.17, 15) is 14.4 Å². The fraction of sp³-hybridized carbons (Fsp3) is 0.105. The summed E-state index contributed by atoms with van der Waals surface area (Å²) in [5, 5.41) is 12.2. The number of hydrogen-bond donors (Lipinski definition) is 2. The highest BCUT2D eigenvalue weighted by Crippen LogP contribution is 2.24. The number of H-pyrrole nitrogens is 1. The van der Waals surface area contributed by atoms with E-state index >= 15 is 0 Å². The van der Waals surface area contributed by atoms with Gasteiger partial charge >= 0.3 is 0 Å². The molecule has 0 bridgehead atoms. The van der Waals surface area contributed by atoms with E-state index in [1.54, 1.807) is 12.1 Å². The number of aromatic amines is 1. The van der Waals surface area contributed by atoms with Crippen molar-refractivity contribution in [2.75, 3.05) is 24.3 Å². The lowest BCUT2D eigenvalue weighted by atomic mass is 10.1. The summed E-state index contributed by atoms with van der Waals surface area (Å²) in [6.45, 7) is 0. The van der Waals surface area contributed by atoms with Gasteiger partial charge < -0.3 is 10.2 Å². The van der Waals surface area contributed by atoms with Gasteiger partial charge in [-0.25, -0.2) is 9.37 Å². The van der Waals surface area contributed by atoms with Crippen molar-refractivity contribution in [3.63, 3.8) is 0 Å². The van der Waals surface area contributed by atoms with Crippen molar-refractivity contribution in [2.24, 2.45) is 0 Å². The molecule has 3 rings (SSSR count). The van der Waals surface area contributed by atoms with E-state index in [-0.39, 0.29) is 23.0 Å². The SMILES string of the molecule is CN(C)c1ccc(-c2nc(Nc3ccc(F)cc3)[nH]c(=O)c2C#N)cc1. The maximum atomic E-state index is 13.0. The first kappa shape index (κ1) is 17.2. The highest BCUT2D eigenvalue weighted by molar-refractivity contribution is 5.70. The average Bonchev–Trinajstić information content (AvgIpc) is 2.63. The molecule has 130 valence electrons. The molecule has 0 amide bonds. The van der Waals surface area contributed by atoms with Crippen molar-refractivity contribution in [3.8, 4) is 17.3 Å². The van der Waals surface area contributed by atoms with Crippen LogP contribution in [0, 0.1) is 17.1 Å². The van der Waals surface area contributed by atoms with Gasteiger partial charge in [-0.2, -0.15) is 5.26 Å². The second kappa shape index (κ2) is 7.07. The van der Waals surface area contributed by atoms with Crippen molar-refractivity contribution < 1.29 is 4.39 Å². The first-order valence-electron chi connectivity index (χ1n) is 7.82. The molecule has 6 nitrogen and oxygen atoms in total. The number of nitrogens with zero attached hydrogens (tertiary/aromatic N) is 3. The van der Waals surface area contributed by atoms with E-state index in [1.807, 2.05) is 37.2 Å². The van der Waals surface area contributed by atoms with Crippen molar-refractivity contribution in [1.29, 1.82) is 5.26 Å². The molecule has 0 aliphatic heterocycles. The van der Waals surface area contributed by atoms with Gasteiger partial charge in [-0.3, -0.25) is 9.78 Å². The Bertz CT molecular complexity index is 1020. The Labute approximate surface area is 149 Å². The second-order valence-electron chi connectivity index (χ2n) is 5.82. The van der Waals surface area contributed by atoms with Crippen LogP contribution in [-0.2, 0) is 0 Å². The minimum Gasteiger partial charge on any atom is -0.378 e. The van der Waals surface area contributed by atoms with Gasteiger partial charge in [-0.05, 0) is 36.4 Å². The van der Waals surface area contributed by atoms with E-state index in [0.29, 0.717) is 11.3 Å². The third kappa shape index (κ3) is 3.54. The Balaban J connectivity index is 2.03. The molecular weight excluding hydrogens is 333 g/mol. The summed E-state index contributed by atoms with van der Waals surface area (Å²) in [7, 11) is 3.85. The number of aromatic nitrogens is 2. The molecule has 0 saturated carbocycles. The molecule has 2 aromatic carbocycles. The van der Waals surface area contributed by atoms with Crippen LogP contribution in [0.25, 0.3) is 11.3 Å². The number of nitriles is 1.